The van der Waals surface area contributed by atoms with Crippen LogP contribution >= 0.6 is 11.3 Å². The van der Waals surface area contributed by atoms with E-state index >= 15 is 0 Å². The van der Waals surface area contributed by atoms with Crippen LogP contribution in [-0.4, -0.2) is 68.2 Å². The maximum atomic E-state index is 12.3. The molecule has 0 radical (unpaired) electrons. The van der Waals surface area contributed by atoms with E-state index in [0.717, 1.165) is 50.0 Å². The van der Waals surface area contributed by atoms with Gasteiger partial charge < -0.3 is 4.90 Å². The van der Waals surface area contributed by atoms with Crippen LogP contribution in [0.5, 0.6) is 0 Å². The molecule has 0 N–H and O–H groups in total. The minimum Gasteiger partial charge on any atom is -0.340 e. The van der Waals surface area contributed by atoms with Crippen LogP contribution in [0.4, 0.5) is 0 Å². The maximum Gasteiger partial charge on any atom is 0.228 e. The van der Waals surface area contributed by atoms with Crippen molar-refractivity contribution in [2.45, 2.75) is 19.9 Å². The summed E-state index contributed by atoms with van der Waals surface area (Å²) < 4.78 is 1.84. The molecule has 2 aromatic rings. The number of aromatic nitrogens is 4. The highest BCUT2D eigenvalue weighted by Crippen LogP contribution is 2.11. The van der Waals surface area contributed by atoms with E-state index in [1.54, 1.807) is 24.0 Å². The molecule has 0 aliphatic carbocycles. The molecule has 118 valence electrons. The standard InChI is InChI=1S/C14H20N6OS/c1-12-17-13(9-22-12)8-14(21)19-5-2-18(3-6-19)4-7-20-11-15-10-16-20/h9-11H,2-8H2,1H3. The lowest BCUT2D eigenvalue weighted by molar-refractivity contribution is -0.132. The van der Waals surface area contributed by atoms with E-state index in [1.807, 2.05) is 21.9 Å². The van der Waals surface area contributed by atoms with E-state index in [9.17, 15) is 4.79 Å². The summed E-state index contributed by atoms with van der Waals surface area (Å²) in [7, 11) is 0. The molecule has 0 spiro atoms. The van der Waals surface area contributed by atoms with E-state index < -0.39 is 0 Å². The minimum absolute atomic E-state index is 0.182. The van der Waals surface area contributed by atoms with Gasteiger partial charge in [0.05, 0.1) is 23.7 Å². The summed E-state index contributed by atoms with van der Waals surface area (Å²) in [6, 6.07) is 0. The monoisotopic (exact) mass is 320 g/mol. The Balaban J connectivity index is 1.42. The number of carbonyl (C=O) groups is 1. The van der Waals surface area contributed by atoms with Crippen LogP contribution in [0.1, 0.15) is 10.7 Å². The van der Waals surface area contributed by atoms with E-state index in [1.165, 1.54) is 0 Å². The zero-order valence-corrected chi connectivity index (χ0v) is 13.5. The van der Waals surface area contributed by atoms with Gasteiger partial charge in [-0.25, -0.2) is 9.97 Å². The molecule has 1 saturated heterocycles. The molecule has 1 amide bonds. The van der Waals surface area contributed by atoms with Gasteiger partial charge in [0.25, 0.3) is 0 Å². The van der Waals surface area contributed by atoms with Gasteiger partial charge in [0, 0.05) is 38.1 Å². The summed E-state index contributed by atoms with van der Waals surface area (Å²) in [5, 5.41) is 7.09. The van der Waals surface area contributed by atoms with Gasteiger partial charge in [0.2, 0.25) is 5.91 Å². The van der Waals surface area contributed by atoms with Gasteiger partial charge in [0.1, 0.15) is 12.7 Å². The normalized spacial score (nSPS) is 16.1. The number of piperazine rings is 1. The highest BCUT2D eigenvalue weighted by molar-refractivity contribution is 7.09. The third kappa shape index (κ3) is 3.89. The SMILES string of the molecule is Cc1nc(CC(=O)N2CCN(CCn3cncn3)CC2)cs1. The van der Waals surface area contributed by atoms with E-state index in [-0.39, 0.29) is 5.91 Å². The van der Waals surface area contributed by atoms with E-state index in [2.05, 4.69) is 20.0 Å². The number of thiazole rings is 1. The molecule has 1 fully saturated rings. The Bertz CT molecular complexity index is 603. The fourth-order valence-corrected chi connectivity index (χ4v) is 3.18. The van der Waals surface area contributed by atoms with Gasteiger partial charge in [-0.1, -0.05) is 0 Å². The summed E-state index contributed by atoms with van der Waals surface area (Å²) in [5.41, 5.74) is 0.890. The van der Waals surface area contributed by atoms with Crippen molar-refractivity contribution in [1.29, 1.82) is 0 Å². The highest BCUT2D eigenvalue weighted by Gasteiger charge is 2.21. The molecule has 1 aliphatic rings. The molecule has 8 heteroatoms. The lowest BCUT2D eigenvalue weighted by Gasteiger charge is -2.34. The first kappa shape index (κ1) is 15.1. The highest BCUT2D eigenvalue weighted by atomic mass is 32.1. The average molecular weight is 320 g/mol. The molecule has 2 aromatic heterocycles. The lowest BCUT2D eigenvalue weighted by Crippen LogP contribution is -2.49. The largest absolute Gasteiger partial charge is 0.340 e. The molecule has 7 nitrogen and oxygen atoms in total. The van der Waals surface area contributed by atoms with Crippen molar-refractivity contribution in [2.75, 3.05) is 32.7 Å². The zero-order valence-electron chi connectivity index (χ0n) is 12.7. The summed E-state index contributed by atoms with van der Waals surface area (Å²) >= 11 is 1.60. The summed E-state index contributed by atoms with van der Waals surface area (Å²) in [6.45, 7) is 7.15. The third-order valence-corrected chi connectivity index (χ3v) is 4.66. The van der Waals surface area contributed by atoms with Gasteiger partial charge in [-0.15, -0.1) is 11.3 Å². The Morgan fingerprint density at radius 3 is 2.73 bits per heavy atom. The summed E-state index contributed by atoms with van der Waals surface area (Å²) in [4.78, 5) is 24.9. The summed E-state index contributed by atoms with van der Waals surface area (Å²) in [6.07, 6.45) is 3.70. The van der Waals surface area contributed by atoms with Crippen molar-refractivity contribution in [3.63, 3.8) is 0 Å². The van der Waals surface area contributed by atoms with Crippen molar-refractivity contribution < 1.29 is 4.79 Å². The molecule has 3 heterocycles. The van der Waals surface area contributed by atoms with Gasteiger partial charge in [-0.2, -0.15) is 5.10 Å². The van der Waals surface area contributed by atoms with Crippen LogP contribution in [0.2, 0.25) is 0 Å². The van der Waals surface area contributed by atoms with Crippen LogP contribution in [0.3, 0.4) is 0 Å². The Morgan fingerprint density at radius 1 is 1.27 bits per heavy atom. The second kappa shape index (κ2) is 6.97. The van der Waals surface area contributed by atoms with Crippen LogP contribution < -0.4 is 0 Å². The maximum absolute atomic E-state index is 12.3. The molecule has 0 unspecified atom stereocenters. The average Bonchev–Trinajstić information content (AvgIpc) is 3.17. The van der Waals surface area contributed by atoms with E-state index in [0.29, 0.717) is 6.42 Å². The predicted molar refractivity (Wildman–Crippen MR) is 83.6 cm³/mol. The third-order valence-electron chi connectivity index (χ3n) is 3.84. The fraction of sp³-hybridized carbons (Fsp3) is 0.571. The topological polar surface area (TPSA) is 67.2 Å². The Labute approximate surface area is 133 Å². The number of hydrogen-bond donors (Lipinski definition) is 0. The zero-order chi connectivity index (χ0) is 15.4. The van der Waals surface area contributed by atoms with Crippen LogP contribution in [0.25, 0.3) is 0 Å². The molecular formula is C14H20N6OS. The molecule has 0 bridgehead atoms. The van der Waals surface area contributed by atoms with Crippen LogP contribution in [-0.2, 0) is 17.8 Å². The molecular weight excluding hydrogens is 300 g/mol. The molecule has 0 saturated carbocycles. The number of carbonyl (C=O) groups excluding carboxylic acids is 1. The second-order valence-corrected chi connectivity index (χ2v) is 6.48. The van der Waals surface area contributed by atoms with Gasteiger partial charge in [0.15, 0.2) is 0 Å². The quantitative estimate of drug-likeness (QED) is 0.799. The molecule has 3 rings (SSSR count). The van der Waals surface area contributed by atoms with E-state index in [4.69, 9.17) is 0 Å². The lowest BCUT2D eigenvalue weighted by atomic mass is 10.2. The second-order valence-electron chi connectivity index (χ2n) is 5.42. The number of amides is 1. The van der Waals surface area contributed by atoms with Gasteiger partial charge in [-0.3, -0.25) is 14.4 Å². The number of hydrogen-bond acceptors (Lipinski definition) is 6. The molecule has 0 atom stereocenters. The number of nitrogens with zero attached hydrogens (tertiary/aromatic N) is 6. The fourth-order valence-electron chi connectivity index (χ4n) is 2.57. The first-order chi connectivity index (χ1) is 10.7. The van der Waals surface area contributed by atoms with Crippen molar-refractivity contribution in [1.82, 2.24) is 29.5 Å². The van der Waals surface area contributed by atoms with Crippen molar-refractivity contribution in [2.24, 2.45) is 0 Å². The smallest absolute Gasteiger partial charge is 0.228 e. The van der Waals surface area contributed by atoms with Crippen molar-refractivity contribution >= 4 is 17.2 Å². The predicted octanol–water partition coefficient (Wildman–Crippen LogP) is 0.430. The Hall–Kier alpha value is -1.80. The van der Waals surface area contributed by atoms with Crippen molar-refractivity contribution in [3.05, 3.63) is 28.7 Å². The Kier molecular flexibility index (Phi) is 4.79. The number of rotatable bonds is 5. The minimum atomic E-state index is 0.182. The van der Waals surface area contributed by atoms with Crippen LogP contribution in [0, 0.1) is 6.92 Å². The van der Waals surface area contributed by atoms with Crippen LogP contribution in [0.15, 0.2) is 18.0 Å². The Morgan fingerprint density at radius 2 is 2.09 bits per heavy atom. The van der Waals surface area contributed by atoms with Gasteiger partial charge >= 0.3 is 0 Å². The van der Waals surface area contributed by atoms with Crippen molar-refractivity contribution in [3.8, 4) is 0 Å². The molecule has 0 aromatic carbocycles. The van der Waals surface area contributed by atoms with Gasteiger partial charge in [-0.05, 0) is 6.92 Å². The molecule has 22 heavy (non-hydrogen) atoms. The molecule has 1 aliphatic heterocycles. The number of aryl methyl sites for hydroxylation is 1. The first-order valence-electron chi connectivity index (χ1n) is 7.44. The first-order valence-corrected chi connectivity index (χ1v) is 8.32. The summed E-state index contributed by atoms with van der Waals surface area (Å²) in [5.74, 6) is 0.182.